The predicted octanol–water partition coefficient (Wildman–Crippen LogP) is 3.10. The van der Waals surface area contributed by atoms with Gasteiger partial charge in [0.25, 0.3) is 5.91 Å². The molecule has 0 aliphatic heterocycles. The summed E-state index contributed by atoms with van der Waals surface area (Å²) in [4.78, 5) is 11.9. The lowest BCUT2D eigenvalue weighted by Crippen LogP contribution is -2.38. The lowest BCUT2D eigenvalue weighted by molar-refractivity contribution is 0.0916. The molecule has 5 heteroatoms. The van der Waals surface area contributed by atoms with E-state index < -0.39 is 23.1 Å². The second-order valence-corrected chi connectivity index (χ2v) is 4.66. The van der Waals surface area contributed by atoms with Gasteiger partial charge >= 0.3 is 0 Å². The second-order valence-electron chi connectivity index (χ2n) is 4.66. The van der Waals surface area contributed by atoms with E-state index in [2.05, 4.69) is 5.32 Å². The van der Waals surface area contributed by atoms with Gasteiger partial charge in [-0.1, -0.05) is 26.7 Å². The summed E-state index contributed by atoms with van der Waals surface area (Å²) in [5, 5.41) is 2.63. The molecule has 1 atom stereocenters. The molecule has 1 aromatic rings. The van der Waals surface area contributed by atoms with Crippen molar-refractivity contribution < 1.29 is 13.6 Å². The number of nitrogens with one attached hydrogen (secondary N) is 1. The Bertz CT molecular complexity index is 459. The maximum atomic E-state index is 13.7. The summed E-state index contributed by atoms with van der Waals surface area (Å²) in [6, 6.07) is 1.95. The van der Waals surface area contributed by atoms with Crippen molar-refractivity contribution in [2.45, 2.75) is 39.7 Å². The Balaban J connectivity index is 2.93. The molecule has 0 saturated carbocycles. The van der Waals surface area contributed by atoms with E-state index in [4.69, 9.17) is 5.73 Å². The molecule has 0 aliphatic rings. The molecule has 1 amide bonds. The predicted molar refractivity (Wildman–Crippen MR) is 71.8 cm³/mol. The Hall–Kier alpha value is -1.65. The number of anilines is 1. The highest BCUT2D eigenvalue weighted by Crippen LogP contribution is 2.19. The number of nitrogen functional groups attached to an aromatic ring is 1. The number of nitrogens with two attached hydrogens (primary N) is 1. The Morgan fingerprint density at radius 2 is 1.89 bits per heavy atom. The maximum Gasteiger partial charge on any atom is 0.257 e. The Labute approximate surface area is 112 Å². The van der Waals surface area contributed by atoms with E-state index in [-0.39, 0.29) is 17.6 Å². The Kier molecular flexibility index (Phi) is 5.27. The summed E-state index contributed by atoms with van der Waals surface area (Å²) in [5.41, 5.74) is 4.50. The second kappa shape index (κ2) is 6.50. The van der Waals surface area contributed by atoms with E-state index in [1.54, 1.807) is 0 Å². The van der Waals surface area contributed by atoms with Crippen molar-refractivity contribution in [3.63, 3.8) is 0 Å². The molecule has 0 radical (unpaired) electrons. The topological polar surface area (TPSA) is 55.1 Å². The minimum Gasteiger partial charge on any atom is -0.396 e. The first-order valence-corrected chi connectivity index (χ1v) is 6.46. The molecule has 1 unspecified atom stereocenters. The van der Waals surface area contributed by atoms with Gasteiger partial charge in [-0.05, 0) is 25.0 Å². The third kappa shape index (κ3) is 3.43. The van der Waals surface area contributed by atoms with Crippen LogP contribution in [0.5, 0.6) is 0 Å². The fraction of sp³-hybridized carbons (Fsp3) is 0.500. The van der Waals surface area contributed by atoms with Crippen LogP contribution in [0.3, 0.4) is 0 Å². The highest BCUT2D eigenvalue weighted by molar-refractivity contribution is 5.95. The van der Waals surface area contributed by atoms with Crippen molar-refractivity contribution >= 4 is 11.6 Å². The van der Waals surface area contributed by atoms with Gasteiger partial charge in [0.05, 0.1) is 5.69 Å². The van der Waals surface area contributed by atoms with Crippen LogP contribution in [0.2, 0.25) is 0 Å². The smallest absolute Gasteiger partial charge is 0.257 e. The minimum atomic E-state index is -1.01. The van der Waals surface area contributed by atoms with Gasteiger partial charge in [-0.2, -0.15) is 0 Å². The number of amides is 1. The summed E-state index contributed by atoms with van der Waals surface area (Å²) < 4.78 is 27.2. The molecule has 0 aromatic heterocycles. The van der Waals surface area contributed by atoms with Crippen LogP contribution in [0.1, 0.15) is 44.0 Å². The highest BCUT2D eigenvalue weighted by atomic mass is 19.1. The Morgan fingerprint density at radius 1 is 1.32 bits per heavy atom. The van der Waals surface area contributed by atoms with Crippen LogP contribution in [-0.2, 0) is 0 Å². The summed E-state index contributed by atoms with van der Waals surface area (Å²) in [6.45, 7) is 5.86. The first-order chi connectivity index (χ1) is 8.92. The SMILES string of the molecule is CCC(CC)C(C)NC(=O)c1c(F)ccc(N)c1F. The molecule has 3 N–H and O–H groups in total. The van der Waals surface area contributed by atoms with Crippen molar-refractivity contribution in [3.8, 4) is 0 Å². The zero-order valence-electron chi connectivity index (χ0n) is 11.5. The number of benzene rings is 1. The van der Waals surface area contributed by atoms with Crippen LogP contribution in [0.25, 0.3) is 0 Å². The summed E-state index contributed by atoms with van der Waals surface area (Å²) in [5.74, 6) is -2.40. The first-order valence-electron chi connectivity index (χ1n) is 6.46. The molecule has 0 aliphatic carbocycles. The number of hydrogen-bond acceptors (Lipinski definition) is 2. The number of hydrogen-bond donors (Lipinski definition) is 2. The zero-order chi connectivity index (χ0) is 14.6. The zero-order valence-corrected chi connectivity index (χ0v) is 11.5. The van der Waals surface area contributed by atoms with Crippen LogP contribution in [0.4, 0.5) is 14.5 Å². The van der Waals surface area contributed by atoms with Crippen molar-refractivity contribution in [2.75, 3.05) is 5.73 Å². The van der Waals surface area contributed by atoms with Crippen LogP contribution in [-0.4, -0.2) is 11.9 Å². The van der Waals surface area contributed by atoms with E-state index in [0.717, 1.165) is 25.0 Å². The van der Waals surface area contributed by atoms with Gasteiger partial charge in [-0.25, -0.2) is 8.78 Å². The number of rotatable bonds is 5. The van der Waals surface area contributed by atoms with E-state index in [1.165, 1.54) is 0 Å². The number of carbonyl (C=O) groups excluding carboxylic acids is 1. The van der Waals surface area contributed by atoms with Crippen LogP contribution < -0.4 is 11.1 Å². The molecule has 0 saturated heterocycles. The van der Waals surface area contributed by atoms with Gasteiger partial charge < -0.3 is 11.1 Å². The van der Waals surface area contributed by atoms with Gasteiger partial charge in [0.15, 0.2) is 5.82 Å². The van der Waals surface area contributed by atoms with Gasteiger partial charge in [-0.3, -0.25) is 4.79 Å². The van der Waals surface area contributed by atoms with Gasteiger partial charge in [0.2, 0.25) is 0 Å². The molecular formula is C14H20F2N2O. The highest BCUT2D eigenvalue weighted by Gasteiger charge is 2.23. The maximum absolute atomic E-state index is 13.7. The largest absolute Gasteiger partial charge is 0.396 e. The van der Waals surface area contributed by atoms with Crippen molar-refractivity contribution in [2.24, 2.45) is 5.92 Å². The standard InChI is InChI=1S/C14H20F2N2O/c1-4-9(5-2)8(3)18-14(19)12-10(15)6-7-11(17)13(12)16/h6-9H,4-5,17H2,1-3H3,(H,18,19). The number of halogens is 2. The average Bonchev–Trinajstić information content (AvgIpc) is 2.36. The minimum absolute atomic E-state index is 0.150. The number of carbonyl (C=O) groups is 1. The lowest BCUT2D eigenvalue weighted by atomic mass is 9.95. The molecular weight excluding hydrogens is 250 g/mol. The first kappa shape index (κ1) is 15.4. The molecule has 3 nitrogen and oxygen atoms in total. The fourth-order valence-electron chi connectivity index (χ4n) is 2.17. The third-order valence-corrected chi connectivity index (χ3v) is 3.46. The van der Waals surface area contributed by atoms with Crippen LogP contribution in [0, 0.1) is 17.6 Å². The lowest BCUT2D eigenvalue weighted by Gasteiger charge is -2.22. The Morgan fingerprint density at radius 3 is 2.42 bits per heavy atom. The summed E-state index contributed by atoms with van der Waals surface area (Å²) in [7, 11) is 0. The van der Waals surface area contributed by atoms with Crippen molar-refractivity contribution in [3.05, 3.63) is 29.3 Å². The summed E-state index contributed by atoms with van der Waals surface area (Å²) in [6.07, 6.45) is 1.78. The normalized spacial score (nSPS) is 12.5. The van der Waals surface area contributed by atoms with Gasteiger partial charge in [0.1, 0.15) is 11.4 Å². The molecule has 0 heterocycles. The molecule has 0 spiro atoms. The molecule has 0 bridgehead atoms. The molecule has 1 aromatic carbocycles. The monoisotopic (exact) mass is 270 g/mol. The third-order valence-electron chi connectivity index (χ3n) is 3.46. The molecule has 19 heavy (non-hydrogen) atoms. The van der Waals surface area contributed by atoms with E-state index in [0.29, 0.717) is 0 Å². The summed E-state index contributed by atoms with van der Waals surface area (Å²) >= 11 is 0. The molecule has 0 fully saturated rings. The molecule has 1 rings (SSSR count). The fourth-order valence-corrected chi connectivity index (χ4v) is 2.17. The van der Waals surface area contributed by atoms with Crippen LogP contribution >= 0.6 is 0 Å². The van der Waals surface area contributed by atoms with E-state index in [1.807, 2.05) is 20.8 Å². The van der Waals surface area contributed by atoms with Crippen LogP contribution in [0.15, 0.2) is 12.1 Å². The van der Waals surface area contributed by atoms with Crippen molar-refractivity contribution in [1.29, 1.82) is 0 Å². The van der Waals surface area contributed by atoms with Gasteiger partial charge in [-0.15, -0.1) is 0 Å². The van der Waals surface area contributed by atoms with Gasteiger partial charge in [0, 0.05) is 6.04 Å². The average molecular weight is 270 g/mol. The van der Waals surface area contributed by atoms with Crippen molar-refractivity contribution in [1.82, 2.24) is 5.32 Å². The molecule has 106 valence electrons. The van der Waals surface area contributed by atoms with E-state index >= 15 is 0 Å². The van der Waals surface area contributed by atoms with E-state index in [9.17, 15) is 13.6 Å². The quantitative estimate of drug-likeness (QED) is 0.808.